The number of nitrogens with zero attached hydrogens (tertiary/aromatic N) is 6. The van der Waals surface area contributed by atoms with Crippen LogP contribution < -0.4 is 9.64 Å². The van der Waals surface area contributed by atoms with Crippen LogP contribution in [-0.2, 0) is 0 Å². The quantitative estimate of drug-likeness (QED) is 0.659. The van der Waals surface area contributed by atoms with Gasteiger partial charge in [0.2, 0.25) is 0 Å². The number of fused-ring (bicyclic) bond motifs is 1. The Morgan fingerprint density at radius 1 is 1.14 bits per heavy atom. The Hall–Kier alpha value is -3.29. The molecule has 0 unspecified atom stereocenters. The molecule has 3 aromatic rings. The minimum absolute atomic E-state index is 0.0503. The number of hydrogen-bond acceptors (Lipinski definition) is 7. The Morgan fingerprint density at radius 2 is 1.86 bits per heavy atom. The lowest BCUT2D eigenvalue weighted by Crippen LogP contribution is -2.41. The summed E-state index contributed by atoms with van der Waals surface area (Å²) < 4.78 is 5.30. The number of hydrogen-bond donors (Lipinski definition) is 0. The van der Waals surface area contributed by atoms with Crippen LogP contribution in [-0.4, -0.2) is 64.5 Å². The lowest BCUT2D eigenvalue weighted by Gasteiger charge is -2.34. The summed E-state index contributed by atoms with van der Waals surface area (Å²) in [6.07, 6.45) is 6.72. The number of aromatic nitrogens is 4. The molecule has 0 radical (unpaired) electrons. The highest BCUT2D eigenvalue weighted by Crippen LogP contribution is 2.25. The molecule has 4 rings (SSSR count). The monoisotopic (exact) mass is 392 g/mol. The largest absolute Gasteiger partial charge is 0.478 e. The Labute approximate surface area is 169 Å². The van der Waals surface area contributed by atoms with Crippen LogP contribution in [0.2, 0.25) is 0 Å². The summed E-state index contributed by atoms with van der Waals surface area (Å²) in [6, 6.07) is 7.59. The molecule has 1 fully saturated rings. The Balaban J connectivity index is 1.36. The van der Waals surface area contributed by atoms with Crippen molar-refractivity contribution in [2.24, 2.45) is 5.92 Å². The van der Waals surface area contributed by atoms with Gasteiger partial charge in [-0.3, -0.25) is 9.78 Å². The number of benzene rings is 1. The molecule has 1 amide bonds. The maximum atomic E-state index is 12.9. The average molecular weight is 392 g/mol. The third-order valence-corrected chi connectivity index (χ3v) is 5.30. The summed E-state index contributed by atoms with van der Waals surface area (Å²) in [5, 5.41) is 0. The smallest absolute Gasteiger partial charge is 0.274 e. The van der Waals surface area contributed by atoms with Gasteiger partial charge in [0.25, 0.3) is 11.8 Å². The summed E-state index contributed by atoms with van der Waals surface area (Å²) in [5.41, 5.74) is 1.95. The number of amides is 1. The van der Waals surface area contributed by atoms with E-state index in [9.17, 15) is 4.79 Å². The Bertz CT molecular complexity index is 1000. The molecular weight excluding hydrogens is 368 g/mol. The first kappa shape index (κ1) is 19.0. The van der Waals surface area contributed by atoms with Gasteiger partial charge in [-0.2, -0.15) is 0 Å². The van der Waals surface area contributed by atoms with Gasteiger partial charge in [0.05, 0.1) is 24.3 Å². The van der Waals surface area contributed by atoms with Crippen LogP contribution in [0.1, 0.15) is 23.3 Å². The second-order valence-electron chi connectivity index (χ2n) is 7.25. The maximum Gasteiger partial charge on any atom is 0.274 e. The molecule has 29 heavy (non-hydrogen) atoms. The minimum Gasteiger partial charge on any atom is -0.478 e. The molecule has 1 aliphatic heterocycles. The third kappa shape index (κ3) is 4.11. The fourth-order valence-corrected chi connectivity index (χ4v) is 3.74. The molecule has 8 nitrogen and oxygen atoms in total. The van der Waals surface area contributed by atoms with E-state index in [4.69, 9.17) is 4.74 Å². The standard InChI is InChI=1S/C21H24N6O2/c1-26(19-20(29-2)23-10-9-22-19)14-15-7-11-27(12-8-15)21(28)18-13-24-16-5-3-4-6-17(16)25-18/h3-6,9-10,13,15H,7-8,11-12,14H2,1-2H3. The first-order valence-electron chi connectivity index (χ1n) is 9.73. The molecule has 1 aliphatic rings. The number of ether oxygens (including phenoxy) is 1. The Morgan fingerprint density at radius 3 is 2.62 bits per heavy atom. The average Bonchev–Trinajstić information content (AvgIpc) is 2.78. The zero-order valence-electron chi connectivity index (χ0n) is 16.7. The number of likely N-dealkylation sites (tertiary alicyclic amines) is 1. The van der Waals surface area contributed by atoms with Gasteiger partial charge in [0, 0.05) is 39.1 Å². The van der Waals surface area contributed by atoms with Gasteiger partial charge in [0.15, 0.2) is 5.82 Å². The van der Waals surface area contributed by atoms with Crippen molar-refractivity contribution < 1.29 is 9.53 Å². The van der Waals surface area contributed by atoms with E-state index in [1.807, 2.05) is 36.2 Å². The van der Waals surface area contributed by atoms with Gasteiger partial charge in [-0.1, -0.05) is 12.1 Å². The fraction of sp³-hybridized carbons (Fsp3) is 0.381. The summed E-state index contributed by atoms with van der Waals surface area (Å²) in [4.78, 5) is 34.2. The summed E-state index contributed by atoms with van der Waals surface area (Å²) in [6.45, 7) is 2.26. The van der Waals surface area contributed by atoms with Gasteiger partial charge in [-0.05, 0) is 30.9 Å². The topological polar surface area (TPSA) is 84.3 Å². The van der Waals surface area contributed by atoms with E-state index in [-0.39, 0.29) is 5.91 Å². The van der Waals surface area contributed by atoms with Crippen LogP contribution in [0, 0.1) is 5.92 Å². The number of carbonyl (C=O) groups excluding carboxylic acids is 1. The second-order valence-corrected chi connectivity index (χ2v) is 7.25. The van der Waals surface area contributed by atoms with Crippen LogP contribution >= 0.6 is 0 Å². The van der Waals surface area contributed by atoms with Gasteiger partial charge >= 0.3 is 0 Å². The number of rotatable bonds is 5. The molecule has 0 bridgehead atoms. The first-order chi connectivity index (χ1) is 14.2. The lowest BCUT2D eigenvalue weighted by atomic mass is 9.96. The van der Waals surface area contributed by atoms with Crippen molar-refractivity contribution in [1.82, 2.24) is 24.8 Å². The zero-order chi connectivity index (χ0) is 20.2. The van der Waals surface area contributed by atoms with Crippen LogP contribution in [0.5, 0.6) is 5.88 Å². The molecule has 0 saturated carbocycles. The molecule has 150 valence electrons. The zero-order valence-corrected chi connectivity index (χ0v) is 16.7. The maximum absolute atomic E-state index is 12.9. The molecule has 0 aliphatic carbocycles. The molecular formula is C21H24N6O2. The summed E-state index contributed by atoms with van der Waals surface area (Å²) in [7, 11) is 3.59. The fourth-order valence-electron chi connectivity index (χ4n) is 3.74. The SMILES string of the molecule is COc1nccnc1N(C)CC1CCN(C(=O)c2cnc3ccccc3n2)CC1. The number of methoxy groups -OCH3 is 1. The van der Waals surface area contributed by atoms with Crippen LogP contribution in [0.15, 0.2) is 42.9 Å². The molecule has 2 aromatic heterocycles. The minimum atomic E-state index is -0.0503. The first-order valence-corrected chi connectivity index (χ1v) is 9.73. The van der Waals surface area contributed by atoms with E-state index in [1.54, 1.807) is 25.7 Å². The molecule has 1 saturated heterocycles. The van der Waals surface area contributed by atoms with E-state index >= 15 is 0 Å². The normalized spacial score (nSPS) is 14.8. The van der Waals surface area contributed by atoms with Gasteiger partial charge in [-0.15, -0.1) is 0 Å². The van der Waals surface area contributed by atoms with Gasteiger partial charge in [-0.25, -0.2) is 15.0 Å². The summed E-state index contributed by atoms with van der Waals surface area (Å²) in [5.74, 6) is 1.68. The van der Waals surface area contributed by atoms with E-state index in [2.05, 4.69) is 24.8 Å². The number of anilines is 1. The highest BCUT2D eigenvalue weighted by Gasteiger charge is 2.26. The molecule has 1 aromatic carbocycles. The second kappa shape index (κ2) is 8.38. The molecule has 0 spiro atoms. The van der Waals surface area contributed by atoms with Crippen molar-refractivity contribution in [3.8, 4) is 5.88 Å². The van der Waals surface area contributed by atoms with Crippen molar-refractivity contribution in [1.29, 1.82) is 0 Å². The van der Waals surface area contributed by atoms with Gasteiger partial charge < -0.3 is 14.5 Å². The van der Waals surface area contributed by atoms with Crippen LogP contribution in [0.25, 0.3) is 11.0 Å². The van der Waals surface area contributed by atoms with Crippen LogP contribution in [0.3, 0.4) is 0 Å². The highest BCUT2D eigenvalue weighted by atomic mass is 16.5. The predicted octanol–water partition coefficient (Wildman–Crippen LogP) is 2.42. The van der Waals surface area contributed by atoms with Crippen molar-refractivity contribution in [2.45, 2.75) is 12.8 Å². The van der Waals surface area contributed by atoms with E-state index in [0.717, 1.165) is 36.2 Å². The number of para-hydroxylation sites is 2. The van der Waals surface area contributed by atoms with Crippen molar-refractivity contribution >= 4 is 22.8 Å². The molecule has 0 N–H and O–H groups in total. The van der Waals surface area contributed by atoms with Crippen molar-refractivity contribution in [3.63, 3.8) is 0 Å². The number of carbonyl (C=O) groups is 1. The van der Waals surface area contributed by atoms with Gasteiger partial charge in [0.1, 0.15) is 5.69 Å². The van der Waals surface area contributed by atoms with Crippen molar-refractivity contribution in [2.75, 3.05) is 38.7 Å². The molecule has 8 heteroatoms. The molecule has 0 atom stereocenters. The van der Waals surface area contributed by atoms with E-state index < -0.39 is 0 Å². The number of piperidine rings is 1. The Kier molecular flexibility index (Phi) is 5.50. The summed E-state index contributed by atoms with van der Waals surface area (Å²) >= 11 is 0. The van der Waals surface area contributed by atoms with E-state index in [1.165, 1.54) is 0 Å². The van der Waals surface area contributed by atoms with Crippen molar-refractivity contribution in [3.05, 3.63) is 48.5 Å². The highest BCUT2D eigenvalue weighted by molar-refractivity contribution is 5.93. The molecule has 3 heterocycles. The van der Waals surface area contributed by atoms with E-state index in [0.29, 0.717) is 30.6 Å². The third-order valence-electron chi connectivity index (χ3n) is 5.30. The predicted molar refractivity (Wildman–Crippen MR) is 110 cm³/mol. The van der Waals surface area contributed by atoms with Crippen LogP contribution in [0.4, 0.5) is 5.82 Å². The lowest BCUT2D eigenvalue weighted by molar-refractivity contribution is 0.0687.